The van der Waals surface area contributed by atoms with E-state index in [9.17, 15) is 22.4 Å². The van der Waals surface area contributed by atoms with Crippen LogP contribution in [0.15, 0.2) is 41.5 Å². The molecule has 2 aliphatic rings. The zero-order chi connectivity index (χ0) is 21.5. The summed E-state index contributed by atoms with van der Waals surface area (Å²) < 4.78 is 52.8. The Kier molecular flexibility index (Phi) is 5.21. The lowest BCUT2D eigenvalue weighted by molar-refractivity contribution is -0.137. The minimum Gasteiger partial charge on any atom is -0.379 e. The molecule has 2 aromatic rings. The molecule has 1 aliphatic heterocycles. The molecule has 4 rings (SSSR count). The molecule has 1 fully saturated rings. The smallest absolute Gasteiger partial charge is 0.379 e. The van der Waals surface area contributed by atoms with Gasteiger partial charge in [0.15, 0.2) is 5.17 Å². The Morgan fingerprint density at radius 3 is 2.77 bits per heavy atom. The van der Waals surface area contributed by atoms with Gasteiger partial charge in [-0.2, -0.15) is 13.2 Å². The highest BCUT2D eigenvalue weighted by molar-refractivity contribution is 8.13. The van der Waals surface area contributed by atoms with Crippen molar-refractivity contribution in [3.05, 3.63) is 59.2 Å². The fourth-order valence-electron chi connectivity index (χ4n) is 4.08. The number of carbonyl (C=O) groups excluding carboxylic acids is 1. The van der Waals surface area contributed by atoms with Gasteiger partial charge in [-0.3, -0.25) is 14.8 Å². The van der Waals surface area contributed by atoms with Gasteiger partial charge >= 0.3 is 6.18 Å². The fourth-order valence-corrected chi connectivity index (χ4v) is 5.13. The van der Waals surface area contributed by atoms with Gasteiger partial charge in [-0.15, -0.1) is 0 Å². The summed E-state index contributed by atoms with van der Waals surface area (Å²) in [7, 11) is 0. The van der Waals surface area contributed by atoms with Crippen molar-refractivity contribution in [1.29, 1.82) is 0 Å². The highest BCUT2D eigenvalue weighted by Crippen LogP contribution is 2.51. The molecule has 10 heteroatoms. The number of thioether (sulfide) groups is 1. The van der Waals surface area contributed by atoms with Gasteiger partial charge in [0.25, 0.3) is 5.91 Å². The van der Waals surface area contributed by atoms with Gasteiger partial charge in [0, 0.05) is 23.2 Å². The molecule has 0 saturated heterocycles. The summed E-state index contributed by atoms with van der Waals surface area (Å²) in [4.78, 5) is 20.6. The quantitative estimate of drug-likeness (QED) is 0.689. The molecular formula is C20H18F4N4OS. The number of nitrogens with two attached hydrogens (primary N) is 1. The first-order valence-corrected chi connectivity index (χ1v) is 10.3. The molecular weight excluding hydrogens is 420 g/mol. The number of alkyl halides is 3. The maximum absolute atomic E-state index is 14.8. The molecule has 1 saturated carbocycles. The van der Waals surface area contributed by atoms with Gasteiger partial charge in [-0.1, -0.05) is 18.2 Å². The molecule has 5 nitrogen and oxygen atoms in total. The second kappa shape index (κ2) is 7.57. The van der Waals surface area contributed by atoms with E-state index in [1.807, 2.05) is 0 Å². The Hall–Kier alpha value is -2.62. The molecule has 2 unspecified atom stereocenters. The van der Waals surface area contributed by atoms with Crippen molar-refractivity contribution in [2.24, 2.45) is 16.6 Å². The number of aromatic nitrogens is 1. The van der Waals surface area contributed by atoms with Gasteiger partial charge in [0.1, 0.15) is 11.5 Å². The van der Waals surface area contributed by atoms with E-state index in [-0.39, 0.29) is 11.6 Å². The summed E-state index contributed by atoms with van der Waals surface area (Å²) in [5, 5.41) is 2.99. The van der Waals surface area contributed by atoms with E-state index in [1.54, 1.807) is 0 Å². The Labute approximate surface area is 174 Å². The number of fused-ring (bicyclic) bond motifs is 1. The first kappa shape index (κ1) is 20.6. The van der Waals surface area contributed by atoms with Crippen LogP contribution in [0.5, 0.6) is 0 Å². The van der Waals surface area contributed by atoms with Gasteiger partial charge in [0.2, 0.25) is 0 Å². The third-order valence-corrected chi connectivity index (χ3v) is 6.50. The van der Waals surface area contributed by atoms with Gasteiger partial charge in [0.05, 0.1) is 11.1 Å². The summed E-state index contributed by atoms with van der Waals surface area (Å²) >= 11 is 1.46. The summed E-state index contributed by atoms with van der Waals surface area (Å²) in [6.07, 6.45) is -1.47. The lowest BCUT2D eigenvalue weighted by atomic mass is 9.81. The minimum absolute atomic E-state index is 0.145. The molecule has 0 bridgehead atoms. The van der Waals surface area contributed by atoms with Crippen molar-refractivity contribution < 1.29 is 22.4 Å². The molecule has 3 N–H and O–H groups in total. The largest absolute Gasteiger partial charge is 0.417 e. The Morgan fingerprint density at radius 2 is 2.07 bits per heavy atom. The van der Waals surface area contributed by atoms with Crippen molar-refractivity contribution in [3.8, 4) is 0 Å². The van der Waals surface area contributed by atoms with Crippen molar-refractivity contribution in [2.75, 3.05) is 11.1 Å². The predicted octanol–water partition coefficient (Wildman–Crippen LogP) is 4.55. The van der Waals surface area contributed by atoms with Crippen LogP contribution in [-0.4, -0.2) is 21.8 Å². The van der Waals surface area contributed by atoms with E-state index in [0.717, 1.165) is 30.7 Å². The van der Waals surface area contributed by atoms with Crippen molar-refractivity contribution >= 4 is 28.5 Å². The molecule has 2 atom stereocenters. The van der Waals surface area contributed by atoms with E-state index in [0.29, 0.717) is 29.0 Å². The Balaban J connectivity index is 1.61. The molecule has 1 aromatic heterocycles. The number of amides is 1. The minimum atomic E-state index is -4.54. The average molecular weight is 438 g/mol. The van der Waals surface area contributed by atoms with E-state index in [2.05, 4.69) is 15.3 Å². The third kappa shape index (κ3) is 3.76. The highest BCUT2D eigenvalue weighted by atomic mass is 32.2. The summed E-state index contributed by atoms with van der Waals surface area (Å²) in [6, 6.07) is 5.96. The van der Waals surface area contributed by atoms with Crippen LogP contribution in [0.4, 0.5) is 23.2 Å². The number of carbonyl (C=O) groups is 1. The first-order chi connectivity index (χ1) is 14.2. The van der Waals surface area contributed by atoms with E-state index >= 15 is 0 Å². The van der Waals surface area contributed by atoms with Crippen molar-refractivity contribution in [1.82, 2.24) is 4.98 Å². The number of nitrogens with one attached hydrogen (secondary N) is 1. The number of pyridine rings is 1. The summed E-state index contributed by atoms with van der Waals surface area (Å²) in [5.41, 5.74) is 4.73. The number of halogens is 4. The molecule has 30 heavy (non-hydrogen) atoms. The predicted molar refractivity (Wildman–Crippen MR) is 107 cm³/mol. The van der Waals surface area contributed by atoms with Gasteiger partial charge in [-0.05, 0) is 49.1 Å². The Bertz CT molecular complexity index is 1010. The SMILES string of the molecule is NC1=NC2(c3cc(NC(=O)c4ccc(C(F)(F)F)cn4)ccc3F)CCCC2CS1. The zero-order valence-electron chi connectivity index (χ0n) is 15.7. The molecule has 158 valence electrons. The van der Waals surface area contributed by atoms with Crippen LogP contribution in [0.2, 0.25) is 0 Å². The molecule has 1 aliphatic carbocycles. The average Bonchev–Trinajstić information content (AvgIpc) is 3.12. The van der Waals surface area contributed by atoms with Crippen LogP contribution in [-0.2, 0) is 11.7 Å². The van der Waals surface area contributed by atoms with Gasteiger partial charge in [-0.25, -0.2) is 4.39 Å². The first-order valence-electron chi connectivity index (χ1n) is 9.32. The number of rotatable bonds is 3. The normalized spacial score (nSPS) is 23.6. The maximum atomic E-state index is 14.8. The second-order valence-corrected chi connectivity index (χ2v) is 8.39. The van der Waals surface area contributed by atoms with Crippen LogP contribution in [0, 0.1) is 11.7 Å². The topological polar surface area (TPSA) is 80.4 Å². The molecule has 0 radical (unpaired) electrons. The van der Waals surface area contributed by atoms with Crippen molar-refractivity contribution in [2.45, 2.75) is 31.0 Å². The van der Waals surface area contributed by atoms with Crippen LogP contribution in [0.3, 0.4) is 0 Å². The van der Waals surface area contributed by atoms with Crippen LogP contribution in [0.1, 0.15) is 40.9 Å². The molecule has 1 amide bonds. The van der Waals surface area contributed by atoms with Crippen LogP contribution >= 0.6 is 11.8 Å². The second-order valence-electron chi connectivity index (χ2n) is 7.35. The molecule has 2 heterocycles. The number of amidine groups is 1. The maximum Gasteiger partial charge on any atom is 0.417 e. The van der Waals surface area contributed by atoms with E-state index in [1.165, 1.54) is 30.0 Å². The van der Waals surface area contributed by atoms with Crippen LogP contribution < -0.4 is 11.1 Å². The monoisotopic (exact) mass is 438 g/mol. The summed E-state index contributed by atoms with van der Waals surface area (Å²) in [5.74, 6) is -0.229. The molecule has 1 aromatic carbocycles. The zero-order valence-corrected chi connectivity index (χ0v) is 16.5. The number of benzene rings is 1. The van der Waals surface area contributed by atoms with Gasteiger partial charge < -0.3 is 11.1 Å². The fraction of sp³-hybridized carbons (Fsp3) is 0.350. The number of hydrogen-bond donors (Lipinski definition) is 2. The number of nitrogens with zero attached hydrogens (tertiary/aromatic N) is 2. The van der Waals surface area contributed by atoms with E-state index < -0.39 is 29.0 Å². The Morgan fingerprint density at radius 1 is 1.27 bits per heavy atom. The highest BCUT2D eigenvalue weighted by Gasteiger charge is 2.48. The van der Waals surface area contributed by atoms with Crippen LogP contribution in [0.25, 0.3) is 0 Å². The number of hydrogen-bond acceptors (Lipinski definition) is 5. The third-order valence-electron chi connectivity index (χ3n) is 5.54. The number of aliphatic imine (C=N–C) groups is 1. The van der Waals surface area contributed by atoms with Crippen molar-refractivity contribution in [3.63, 3.8) is 0 Å². The standard InChI is InChI=1S/C20H18F4N4OS/c21-15-5-4-13(27-17(29)16-6-3-11(9-26-16)20(22,23)24)8-14(15)19-7-1-2-12(19)10-30-18(25)28-19/h3-6,8-9,12H,1-2,7,10H2,(H2,25,28)(H,27,29). The number of anilines is 1. The molecule has 0 spiro atoms. The summed E-state index contributed by atoms with van der Waals surface area (Å²) in [6.45, 7) is 0. The lowest BCUT2D eigenvalue weighted by Gasteiger charge is -2.36. The van der Waals surface area contributed by atoms with E-state index in [4.69, 9.17) is 5.73 Å². The lowest BCUT2D eigenvalue weighted by Crippen LogP contribution is -2.37.